The summed E-state index contributed by atoms with van der Waals surface area (Å²) in [6, 6.07) is 24.5. The summed E-state index contributed by atoms with van der Waals surface area (Å²) in [6.07, 6.45) is 0.811. The van der Waals surface area contributed by atoms with Gasteiger partial charge in [-0.25, -0.2) is 0 Å². The summed E-state index contributed by atoms with van der Waals surface area (Å²) in [5.74, 6) is 1.66. The molecule has 0 radical (unpaired) electrons. The molecular formula is C26H25NO3S. The second-order valence-corrected chi connectivity index (χ2v) is 8.15. The van der Waals surface area contributed by atoms with E-state index in [1.54, 1.807) is 11.3 Å². The zero-order valence-corrected chi connectivity index (χ0v) is 18.3. The Bertz CT molecular complexity index is 1140. The predicted octanol–water partition coefficient (Wildman–Crippen LogP) is 5.70. The average Bonchev–Trinajstić information content (AvgIpc) is 3.20. The number of ether oxygens (including phenoxy) is 2. The van der Waals surface area contributed by atoms with E-state index in [1.165, 1.54) is 33.7 Å². The molecule has 0 saturated heterocycles. The van der Waals surface area contributed by atoms with Gasteiger partial charge in [-0.3, -0.25) is 4.79 Å². The van der Waals surface area contributed by atoms with E-state index in [0.717, 1.165) is 17.9 Å². The first kappa shape index (κ1) is 20.9. The minimum absolute atomic E-state index is 0.00161. The van der Waals surface area contributed by atoms with Crippen molar-refractivity contribution in [3.8, 4) is 22.6 Å². The Balaban J connectivity index is 1.29. The van der Waals surface area contributed by atoms with Crippen LogP contribution in [0.15, 0.2) is 78.2 Å². The van der Waals surface area contributed by atoms with Crippen molar-refractivity contribution in [1.29, 1.82) is 0 Å². The lowest BCUT2D eigenvalue weighted by molar-refractivity contribution is -0.118. The molecular weight excluding hydrogens is 406 g/mol. The SMILES string of the molecule is CC(=O)NCCc1csc2ccc(OCCOc3ccc(-c4ccccc4)cc3)cc12. The Morgan fingerprint density at radius 1 is 0.871 bits per heavy atom. The van der Waals surface area contributed by atoms with Crippen LogP contribution < -0.4 is 14.8 Å². The molecule has 0 unspecified atom stereocenters. The van der Waals surface area contributed by atoms with Crippen molar-refractivity contribution in [1.82, 2.24) is 5.32 Å². The molecule has 5 heteroatoms. The molecule has 1 aromatic heterocycles. The molecule has 4 aromatic rings. The summed E-state index contributed by atoms with van der Waals surface area (Å²) >= 11 is 1.71. The van der Waals surface area contributed by atoms with Gasteiger partial charge in [-0.2, -0.15) is 0 Å². The van der Waals surface area contributed by atoms with Crippen LogP contribution in [0.5, 0.6) is 11.5 Å². The number of benzene rings is 3. The second kappa shape index (κ2) is 10.1. The molecule has 0 fully saturated rings. The lowest BCUT2D eigenvalue weighted by Crippen LogP contribution is -2.22. The number of fused-ring (bicyclic) bond motifs is 1. The smallest absolute Gasteiger partial charge is 0.216 e. The molecule has 4 nitrogen and oxygen atoms in total. The van der Waals surface area contributed by atoms with E-state index in [0.29, 0.717) is 19.8 Å². The van der Waals surface area contributed by atoms with Crippen molar-refractivity contribution >= 4 is 27.3 Å². The molecule has 0 atom stereocenters. The number of carbonyl (C=O) groups is 1. The first-order valence-electron chi connectivity index (χ1n) is 10.3. The highest BCUT2D eigenvalue weighted by molar-refractivity contribution is 7.17. The number of rotatable bonds is 9. The molecule has 1 amide bonds. The van der Waals surface area contributed by atoms with Gasteiger partial charge in [0.05, 0.1) is 0 Å². The van der Waals surface area contributed by atoms with Gasteiger partial charge in [0, 0.05) is 18.2 Å². The van der Waals surface area contributed by atoms with Gasteiger partial charge in [0.2, 0.25) is 5.91 Å². The average molecular weight is 432 g/mol. The number of hydrogen-bond donors (Lipinski definition) is 1. The van der Waals surface area contributed by atoms with Crippen LogP contribution in [-0.4, -0.2) is 25.7 Å². The van der Waals surface area contributed by atoms with E-state index >= 15 is 0 Å². The maximum absolute atomic E-state index is 11.1. The van der Waals surface area contributed by atoms with Crippen LogP contribution in [0.2, 0.25) is 0 Å². The van der Waals surface area contributed by atoms with Crippen LogP contribution in [0.4, 0.5) is 0 Å². The van der Waals surface area contributed by atoms with Gasteiger partial charge < -0.3 is 14.8 Å². The van der Waals surface area contributed by atoms with E-state index in [1.807, 2.05) is 36.4 Å². The van der Waals surface area contributed by atoms with Crippen molar-refractivity contribution in [3.05, 3.63) is 83.7 Å². The summed E-state index contributed by atoms with van der Waals surface area (Å²) in [5, 5.41) is 6.19. The molecule has 4 rings (SSSR count). The number of hydrogen-bond acceptors (Lipinski definition) is 4. The number of carbonyl (C=O) groups excluding carboxylic acids is 1. The first-order chi connectivity index (χ1) is 15.2. The van der Waals surface area contributed by atoms with Crippen molar-refractivity contribution in [3.63, 3.8) is 0 Å². The van der Waals surface area contributed by atoms with Crippen LogP contribution in [0.1, 0.15) is 12.5 Å². The maximum Gasteiger partial charge on any atom is 0.216 e. The van der Waals surface area contributed by atoms with Gasteiger partial charge in [0.25, 0.3) is 0 Å². The minimum Gasteiger partial charge on any atom is -0.490 e. The van der Waals surface area contributed by atoms with Crippen molar-refractivity contribution in [2.24, 2.45) is 0 Å². The zero-order valence-electron chi connectivity index (χ0n) is 17.5. The third-order valence-electron chi connectivity index (χ3n) is 4.98. The summed E-state index contributed by atoms with van der Waals surface area (Å²) in [6.45, 7) is 3.12. The monoisotopic (exact) mass is 431 g/mol. The third kappa shape index (κ3) is 5.64. The van der Waals surface area contributed by atoms with Gasteiger partial charge in [0.1, 0.15) is 24.7 Å². The molecule has 3 aromatic carbocycles. The second-order valence-electron chi connectivity index (χ2n) is 7.24. The zero-order chi connectivity index (χ0) is 21.5. The van der Waals surface area contributed by atoms with Crippen molar-refractivity contribution < 1.29 is 14.3 Å². The normalized spacial score (nSPS) is 10.7. The van der Waals surface area contributed by atoms with Gasteiger partial charge in [-0.1, -0.05) is 42.5 Å². The topological polar surface area (TPSA) is 47.6 Å². The quantitative estimate of drug-likeness (QED) is 0.346. The summed E-state index contributed by atoms with van der Waals surface area (Å²) in [4.78, 5) is 11.1. The van der Waals surface area contributed by atoms with Crippen LogP contribution in [0.25, 0.3) is 21.2 Å². The highest BCUT2D eigenvalue weighted by Gasteiger charge is 2.06. The number of nitrogens with one attached hydrogen (secondary N) is 1. The van der Waals surface area contributed by atoms with Gasteiger partial charge in [-0.15, -0.1) is 11.3 Å². The van der Waals surface area contributed by atoms with Crippen LogP contribution in [0.3, 0.4) is 0 Å². The fourth-order valence-electron chi connectivity index (χ4n) is 3.41. The molecule has 0 saturated carbocycles. The standard InChI is InChI=1S/C26H25NO3S/c1-19(28)27-14-13-22-18-31-26-12-11-24(17-25(22)26)30-16-15-29-23-9-7-21(8-10-23)20-5-3-2-4-6-20/h2-12,17-18H,13-16H2,1H3,(H,27,28). The molecule has 0 spiro atoms. The van der Waals surface area contributed by atoms with Gasteiger partial charge in [-0.05, 0) is 64.2 Å². The molecule has 0 aliphatic carbocycles. The summed E-state index contributed by atoms with van der Waals surface area (Å²) in [7, 11) is 0. The molecule has 1 N–H and O–H groups in total. The fourth-order valence-corrected chi connectivity index (χ4v) is 4.39. The third-order valence-corrected chi connectivity index (χ3v) is 5.99. The maximum atomic E-state index is 11.1. The van der Waals surface area contributed by atoms with Crippen LogP contribution >= 0.6 is 11.3 Å². The molecule has 0 bridgehead atoms. The lowest BCUT2D eigenvalue weighted by Gasteiger charge is -2.10. The number of amides is 1. The molecule has 158 valence electrons. The predicted molar refractivity (Wildman–Crippen MR) is 127 cm³/mol. The van der Waals surface area contributed by atoms with Gasteiger partial charge >= 0.3 is 0 Å². The largest absolute Gasteiger partial charge is 0.490 e. The van der Waals surface area contributed by atoms with Crippen LogP contribution in [-0.2, 0) is 11.2 Å². The molecule has 1 heterocycles. The molecule has 0 aliphatic heterocycles. The lowest BCUT2D eigenvalue weighted by atomic mass is 10.1. The minimum atomic E-state index is -0.00161. The van der Waals surface area contributed by atoms with E-state index in [2.05, 4.69) is 47.1 Å². The Labute approximate surface area is 186 Å². The first-order valence-corrected chi connectivity index (χ1v) is 11.2. The highest BCUT2D eigenvalue weighted by atomic mass is 32.1. The Kier molecular flexibility index (Phi) is 6.85. The summed E-state index contributed by atoms with van der Waals surface area (Å²) < 4.78 is 13.0. The van der Waals surface area contributed by atoms with Crippen molar-refractivity contribution in [2.45, 2.75) is 13.3 Å². The van der Waals surface area contributed by atoms with E-state index in [-0.39, 0.29) is 5.91 Å². The van der Waals surface area contributed by atoms with Gasteiger partial charge in [0.15, 0.2) is 0 Å². The Hall–Kier alpha value is -3.31. The van der Waals surface area contributed by atoms with E-state index in [4.69, 9.17) is 9.47 Å². The summed E-state index contributed by atoms with van der Waals surface area (Å²) in [5.41, 5.74) is 3.59. The number of thiophene rings is 1. The Morgan fingerprint density at radius 2 is 1.55 bits per heavy atom. The van der Waals surface area contributed by atoms with Crippen LogP contribution in [0, 0.1) is 0 Å². The fraction of sp³-hybridized carbons (Fsp3) is 0.192. The molecule has 0 aliphatic rings. The van der Waals surface area contributed by atoms with E-state index in [9.17, 15) is 4.79 Å². The van der Waals surface area contributed by atoms with Crippen molar-refractivity contribution in [2.75, 3.05) is 19.8 Å². The van der Waals surface area contributed by atoms with E-state index < -0.39 is 0 Å². The Morgan fingerprint density at radius 3 is 2.29 bits per heavy atom. The highest BCUT2D eigenvalue weighted by Crippen LogP contribution is 2.30. The molecule has 31 heavy (non-hydrogen) atoms.